The molecule has 3 heteroatoms. The van der Waals surface area contributed by atoms with Crippen molar-refractivity contribution in [3.8, 4) is 0 Å². The Hall–Kier alpha value is -1.38. The van der Waals surface area contributed by atoms with Gasteiger partial charge in [-0.3, -0.25) is 0 Å². The summed E-state index contributed by atoms with van der Waals surface area (Å²) in [6.07, 6.45) is 0. The van der Waals surface area contributed by atoms with Crippen molar-refractivity contribution >= 4 is 0 Å². The summed E-state index contributed by atoms with van der Waals surface area (Å²) >= 11 is 0. The number of ether oxygens (including phenoxy) is 3. The summed E-state index contributed by atoms with van der Waals surface area (Å²) < 4.78 is 16.5. The van der Waals surface area contributed by atoms with E-state index in [9.17, 15) is 0 Å². The van der Waals surface area contributed by atoms with Gasteiger partial charge >= 0.3 is 0 Å². The fourth-order valence-corrected chi connectivity index (χ4v) is 3.56. The zero-order valence-corrected chi connectivity index (χ0v) is 6.53. The highest BCUT2D eigenvalue weighted by molar-refractivity contribution is 5.59. The van der Waals surface area contributed by atoms with Crippen LogP contribution >= 0.6 is 0 Å². The molecule has 0 aromatic heterocycles. The molecule has 0 unspecified atom stereocenters. The first-order valence-electron chi connectivity index (χ1n) is 4.71. The molecule has 0 atom stereocenters. The van der Waals surface area contributed by atoms with Crippen LogP contribution in [0.2, 0.25) is 0 Å². The van der Waals surface area contributed by atoms with Crippen LogP contribution in [0.3, 0.4) is 0 Å². The lowest BCUT2D eigenvalue weighted by Crippen LogP contribution is -2.25. The summed E-state index contributed by atoms with van der Waals surface area (Å²) in [4.78, 5) is 0. The van der Waals surface area contributed by atoms with E-state index in [2.05, 4.69) is 0 Å². The van der Waals surface area contributed by atoms with Crippen molar-refractivity contribution in [2.24, 2.45) is 23.7 Å². The van der Waals surface area contributed by atoms with Crippen LogP contribution in [-0.2, 0) is 14.2 Å². The number of fused-ring (bicyclic) bond motifs is 6. The second-order valence-electron chi connectivity index (χ2n) is 4.50. The smallest absolute Gasteiger partial charge is 0.154 e. The third-order valence-corrected chi connectivity index (χ3v) is 4.11. The predicted octanol–water partition coefficient (Wildman–Crippen LogP) is 1.22. The van der Waals surface area contributed by atoms with E-state index in [4.69, 9.17) is 14.2 Å². The highest BCUT2D eigenvalue weighted by atomic mass is 16.6. The zero-order chi connectivity index (χ0) is 7.89. The van der Waals surface area contributed by atoms with Crippen molar-refractivity contribution < 1.29 is 14.2 Å². The summed E-state index contributed by atoms with van der Waals surface area (Å²) in [5, 5.41) is 0. The van der Waals surface area contributed by atoms with Crippen molar-refractivity contribution in [1.82, 2.24) is 0 Å². The van der Waals surface area contributed by atoms with E-state index in [1.54, 1.807) is 0 Å². The molecule has 3 nitrogen and oxygen atoms in total. The quantitative estimate of drug-likeness (QED) is 0.551. The second kappa shape index (κ2) is 0.983. The Bertz CT molecular complexity index is 410. The minimum absolute atomic E-state index is 0.483. The van der Waals surface area contributed by atoms with Crippen LogP contribution in [0, 0.1) is 23.7 Å². The van der Waals surface area contributed by atoms with E-state index in [0.29, 0.717) is 23.7 Å². The molecule has 62 valence electrons. The van der Waals surface area contributed by atoms with Gasteiger partial charge in [-0.2, -0.15) is 0 Å². The van der Waals surface area contributed by atoms with E-state index in [1.165, 1.54) is 34.6 Å². The fraction of sp³-hybridized carbons (Fsp3) is 0.400. The van der Waals surface area contributed by atoms with E-state index in [-0.39, 0.29) is 0 Å². The second-order valence-corrected chi connectivity index (χ2v) is 4.50. The molecule has 0 fully saturated rings. The summed E-state index contributed by atoms with van der Waals surface area (Å²) in [7, 11) is 0. The Labute approximate surface area is 73.3 Å². The molecular formula is C10H4O3. The largest absolute Gasteiger partial charge is 0.457 e. The molecule has 0 radical (unpaired) electrons. The van der Waals surface area contributed by atoms with E-state index in [0.717, 1.165) is 0 Å². The number of rotatable bonds is 0. The topological polar surface area (TPSA) is 37.6 Å². The predicted molar refractivity (Wildman–Crippen MR) is 38.3 cm³/mol. The lowest BCUT2D eigenvalue weighted by Gasteiger charge is -2.25. The zero-order valence-electron chi connectivity index (χ0n) is 6.53. The molecule has 0 saturated carbocycles. The van der Waals surface area contributed by atoms with Crippen LogP contribution in [-0.4, -0.2) is 0 Å². The molecule has 6 aliphatic rings. The van der Waals surface area contributed by atoms with Crippen LogP contribution in [0.25, 0.3) is 0 Å². The van der Waals surface area contributed by atoms with Gasteiger partial charge < -0.3 is 14.2 Å². The molecule has 0 aromatic carbocycles. The molecule has 3 aliphatic carbocycles. The maximum absolute atomic E-state index is 5.50. The van der Waals surface area contributed by atoms with Crippen molar-refractivity contribution in [2.45, 2.75) is 0 Å². The van der Waals surface area contributed by atoms with Gasteiger partial charge in [0.1, 0.15) is 0 Å². The van der Waals surface area contributed by atoms with Crippen LogP contribution in [0.1, 0.15) is 0 Å². The Balaban J connectivity index is 1.77. The van der Waals surface area contributed by atoms with Crippen LogP contribution in [0.15, 0.2) is 34.6 Å². The molecule has 0 spiro atoms. The SMILES string of the molecule is O1C2=C1C1C3=C(O3)C3C4=C(O4)C2C13. The molecule has 0 N–H and O–H groups in total. The van der Waals surface area contributed by atoms with Gasteiger partial charge in [-0.05, 0) is 0 Å². The Morgan fingerprint density at radius 1 is 0.538 bits per heavy atom. The molecule has 3 aliphatic heterocycles. The first kappa shape index (κ1) is 4.74. The molecule has 3 heterocycles. The van der Waals surface area contributed by atoms with E-state index >= 15 is 0 Å². The number of hydrogen-bond donors (Lipinski definition) is 0. The highest BCUT2D eigenvalue weighted by Crippen LogP contribution is 2.77. The summed E-state index contributed by atoms with van der Waals surface area (Å²) in [6, 6.07) is 0. The third kappa shape index (κ3) is 0.285. The lowest BCUT2D eigenvalue weighted by atomic mass is 9.84. The maximum atomic E-state index is 5.50. The Morgan fingerprint density at radius 2 is 0.846 bits per heavy atom. The monoisotopic (exact) mass is 172 g/mol. The van der Waals surface area contributed by atoms with E-state index < -0.39 is 0 Å². The average Bonchev–Trinajstić information content (AvgIpc) is 3.06. The van der Waals surface area contributed by atoms with Crippen LogP contribution < -0.4 is 0 Å². The summed E-state index contributed by atoms with van der Waals surface area (Å²) in [6.45, 7) is 0. The van der Waals surface area contributed by atoms with Gasteiger partial charge in [0.25, 0.3) is 0 Å². The van der Waals surface area contributed by atoms with Gasteiger partial charge in [-0.25, -0.2) is 0 Å². The van der Waals surface area contributed by atoms with Gasteiger partial charge in [0.05, 0.1) is 17.8 Å². The standard InChI is InChI=1S/C10H4O3/c11-5-2-1-3(7(5)11)9-10(13-9)4(1)8-6(2)12-8/h1-4H. The Kier molecular flexibility index (Phi) is 0.359. The van der Waals surface area contributed by atoms with Crippen molar-refractivity contribution in [1.29, 1.82) is 0 Å². The van der Waals surface area contributed by atoms with Crippen molar-refractivity contribution in [3.63, 3.8) is 0 Å². The van der Waals surface area contributed by atoms with Gasteiger partial charge in [0.15, 0.2) is 34.6 Å². The average molecular weight is 172 g/mol. The third-order valence-electron chi connectivity index (χ3n) is 4.11. The minimum Gasteiger partial charge on any atom is -0.457 e. The molecule has 0 aromatic rings. The fourth-order valence-electron chi connectivity index (χ4n) is 3.56. The first-order chi connectivity index (χ1) is 6.45. The van der Waals surface area contributed by atoms with Gasteiger partial charge in [0, 0.05) is 5.92 Å². The molecule has 0 amide bonds. The maximum Gasteiger partial charge on any atom is 0.154 e. The minimum atomic E-state index is 0.483. The van der Waals surface area contributed by atoms with Crippen LogP contribution in [0.5, 0.6) is 0 Å². The molecule has 0 bridgehead atoms. The normalized spacial score (nSPS) is 53.5. The van der Waals surface area contributed by atoms with Gasteiger partial charge in [0.2, 0.25) is 0 Å². The summed E-state index contributed by atoms with van der Waals surface area (Å²) in [5.74, 6) is 9.35. The van der Waals surface area contributed by atoms with Gasteiger partial charge in [-0.15, -0.1) is 0 Å². The highest BCUT2D eigenvalue weighted by Gasteiger charge is 2.76. The van der Waals surface area contributed by atoms with Crippen LogP contribution in [0.4, 0.5) is 0 Å². The lowest BCUT2D eigenvalue weighted by molar-refractivity contribution is 0.131. The Morgan fingerprint density at radius 3 is 1.15 bits per heavy atom. The van der Waals surface area contributed by atoms with Crippen molar-refractivity contribution in [3.05, 3.63) is 34.6 Å². The molecule has 6 rings (SSSR count). The molecular weight excluding hydrogens is 168 g/mol. The van der Waals surface area contributed by atoms with Crippen molar-refractivity contribution in [2.75, 3.05) is 0 Å². The van der Waals surface area contributed by atoms with Gasteiger partial charge in [-0.1, -0.05) is 0 Å². The molecule has 0 saturated heterocycles. The summed E-state index contributed by atoms with van der Waals surface area (Å²) in [5.41, 5.74) is 0. The number of hydrogen-bond acceptors (Lipinski definition) is 3. The first-order valence-corrected chi connectivity index (χ1v) is 4.71. The molecule has 13 heavy (non-hydrogen) atoms. The van der Waals surface area contributed by atoms with E-state index in [1.807, 2.05) is 0 Å².